The Hall–Kier alpha value is -3.32. The van der Waals surface area contributed by atoms with E-state index in [9.17, 15) is 13.2 Å². The summed E-state index contributed by atoms with van der Waals surface area (Å²) < 4.78 is 37.5. The van der Waals surface area contributed by atoms with E-state index in [1.165, 1.54) is 26.4 Å². The van der Waals surface area contributed by atoms with Crippen LogP contribution in [0.2, 0.25) is 0 Å². The van der Waals surface area contributed by atoms with Crippen LogP contribution in [0.15, 0.2) is 77.7 Å². The highest BCUT2D eigenvalue weighted by molar-refractivity contribution is 7.91. The van der Waals surface area contributed by atoms with E-state index in [0.29, 0.717) is 22.6 Å². The van der Waals surface area contributed by atoms with Crippen molar-refractivity contribution < 1.29 is 22.7 Å². The van der Waals surface area contributed by atoms with Crippen LogP contribution in [0.4, 0.5) is 0 Å². The highest BCUT2D eigenvalue weighted by Crippen LogP contribution is 2.34. The second kappa shape index (κ2) is 9.00. The summed E-state index contributed by atoms with van der Waals surface area (Å²) in [7, 11) is -0.986. The van der Waals surface area contributed by atoms with Crippen molar-refractivity contribution in [3.05, 3.63) is 89.5 Å². The van der Waals surface area contributed by atoms with Gasteiger partial charge in [-0.05, 0) is 48.9 Å². The van der Waals surface area contributed by atoms with Crippen molar-refractivity contribution in [3.63, 3.8) is 0 Å². The molecule has 1 N–H and O–H groups in total. The number of benzene rings is 3. The SMILES string of the molecule is COc1ccc(C(NC(=O)c2ccccc2)S(=O)(=O)c2ccc(C)cc2)cc1OC. The minimum Gasteiger partial charge on any atom is -0.493 e. The number of carbonyl (C=O) groups is 1. The molecule has 0 aromatic heterocycles. The van der Waals surface area contributed by atoms with Gasteiger partial charge in [-0.3, -0.25) is 4.79 Å². The molecule has 3 aromatic carbocycles. The van der Waals surface area contributed by atoms with Gasteiger partial charge in [-0.2, -0.15) is 0 Å². The lowest BCUT2D eigenvalue weighted by Gasteiger charge is -2.21. The number of methoxy groups -OCH3 is 2. The van der Waals surface area contributed by atoms with E-state index in [-0.39, 0.29) is 4.90 Å². The minimum absolute atomic E-state index is 0.112. The first kappa shape index (κ1) is 21.4. The predicted octanol–water partition coefficient (Wildman–Crippen LogP) is 3.91. The summed E-state index contributed by atoms with van der Waals surface area (Å²) in [5.41, 5.74) is 1.66. The molecule has 156 valence electrons. The van der Waals surface area contributed by atoms with Gasteiger partial charge in [-0.1, -0.05) is 42.0 Å². The summed E-state index contributed by atoms with van der Waals surface area (Å²) in [6, 6.07) is 19.7. The van der Waals surface area contributed by atoms with Gasteiger partial charge in [0.25, 0.3) is 5.91 Å². The molecule has 0 bridgehead atoms. The molecule has 3 rings (SSSR count). The first-order valence-electron chi connectivity index (χ1n) is 9.25. The Bertz CT molecular complexity index is 1130. The van der Waals surface area contributed by atoms with Crippen LogP contribution < -0.4 is 14.8 Å². The van der Waals surface area contributed by atoms with Gasteiger partial charge in [-0.15, -0.1) is 0 Å². The highest BCUT2D eigenvalue weighted by atomic mass is 32.2. The van der Waals surface area contributed by atoms with E-state index in [2.05, 4.69) is 5.32 Å². The van der Waals surface area contributed by atoms with Crippen LogP contribution >= 0.6 is 0 Å². The van der Waals surface area contributed by atoms with Crippen LogP contribution in [0.3, 0.4) is 0 Å². The molecule has 0 saturated carbocycles. The number of sulfone groups is 1. The Labute approximate surface area is 176 Å². The maximum atomic E-state index is 13.5. The monoisotopic (exact) mass is 425 g/mol. The van der Waals surface area contributed by atoms with Gasteiger partial charge in [0.2, 0.25) is 9.84 Å². The predicted molar refractivity (Wildman–Crippen MR) is 115 cm³/mol. The molecule has 0 fully saturated rings. The molecule has 3 aromatic rings. The van der Waals surface area contributed by atoms with E-state index in [1.807, 2.05) is 6.92 Å². The second-order valence-corrected chi connectivity index (χ2v) is 8.72. The minimum atomic E-state index is -3.95. The Morgan fingerprint density at radius 3 is 2.10 bits per heavy atom. The third kappa shape index (κ3) is 4.46. The van der Waals surface area contributed by atoms with Crippen LogP contribution in [-0.2, 0) is 9.84 Å². The molecule has 0 heterocycles. The zero-order valence-corrected chi connectivity index (χ0v) is 17.8. The summed E-state index contributed by atoms with van der Waals surface area (Å²) >= 11 is 0. The Morgan fingerprint density at radius 1 is 0.867 bits per heavy atom. The lowest BCUT2D eigenvalue weighted by molar-refractivity contribution is 0.0947. The molecule has 1 atom stereocenters. The number of rotatable bonds is 7. The summed E-state index contributed by atoms with van der Waals surface area (Å²) in [5, 5.41) is 1.36. The maximum absolute atomic E-state index is 13.5. The largest absolute Gasteiger partial charge is 0.493 e. The standard InChI is InChI=1S/C23H23NO5S/c1-16-9-12-19(13-10-16)30(26,27)23(24-22(25)17-7-5-4-6-8-17)18-11-14-20(28-2)21(15-18)29-3/h4-15,23H,1-3H3,(H,24,25). The van der Waals surface area contributed by atoms with Gasteiger partial charge in [0.15, 0.2) is 16.9 Å². The molecule has 7 heteroatoms. The summed E-state index contributed by atoms with van der Waals surface area (Å²) in [5.74, 6) is 0.334. The average molecular weight is 426 g/mol. The molecule has 0 radical (unpaired) electrons. The van der Waals surface area contributed by atoms with Crippen molar-refractivity contribution in [2.75, 3.05) is 14.2 Å². The molecule has 1 amide bonds. The maximum Gasteiger partial charge on any atom is 0.252 e. The van der Waals surface area contributed by atoms with Gasteiger partial charge in [0.1, 0.15) is 0 Å². The number of hydrogen-bond donors (Lipinski definition) is 1. The molecule has 6 nitrogen and oxygen atoms in total. The van der Waals surface area contributed by atoms with Crippen LogP contribution in [0, 0.1) is 6.92 Å². The second-order valence-electron chi connectivity index (χ2n) is 6.69. The van der Waals surface area contributed by atoms with Crippen molar-refractivity contribution in [2.45, 2.75) is 17.2 Å². The van der Waals surface area contributed by atoms with Crippen molar-refractivity contribution in [1.29, 1.82) is 0 Å². The highest BCUT2D eigenvalue weighted by Gasteiger charge is 2.31. The van der Waals surface area contributed by atoms with Crippen molar-refractivity contribution in [1.82, 2.24) is 5.32 Å². The lowest BCUT2D eigenvalue weighted by Crippen LogP contribution is -2.34. The third-order valence-electron chi connectivity index (χ3n) is 4.67. The Kier molecular flexibility index (Phi) is 6.42. The summed E-state index contributed by atoms with van der Waals surface area (Å²) in [6.45, 7) is 1.87. The number of aryl methyl sites for hydroxylation is 1. The number of carbonyl (C=O) groups excluding carboxylic acids is 1. The molecule has 0 aliphatic carbocycles. The van der Waals surface area contributed by atoms with Crippen molar-refractivity contribution in [2.24, 2.45) is 0 Å². The number of nitrogens with one attached hydrogen (secondary N) is 1. The first-order valence-corrected chi connectivity index (χ1v) is 10.8. The molecule has 0 aliphatic heterocycles. The fourth-order valence-electron chi connectivity index (χ4n) is 3.01. The quantitative estimate of drug-likeness (QED) is 0.621. The zero-order chi connectivity index (χ0) is 21.7. The average Bonchev–Trinajstić information content (AvgIpc) is 2.77. The first-order chi connectivity index (χ1) is 14.4. The molecular formula is C23H23NO5S. The van der Waals surface area contributed by atoms with E-state index in [1.54, 1.807) is 60.7 Å². The van der Waals surface area contributed by atoms with Gasteiger partial charge < -0.3 is 14.8 Å². The zero-order valence-electron chi connectivity index (χ0n) is 17.0. The lowest BCUT2D eigenvalue weighted by atomic mass is 10.1. The summed E-state index contributed by atoms with van der Waals surface area (Å²) in [6.07, 6.45) is 0. The van der Waals surface area contributed by atoms with Gasteiger partial charge in [-0.25, -0.2) is 8.42 Å². The fraction of sp³-hybridized carbons (Fsp3) is 0.174. The van der Waals surface area contributed by atoms with Crippen LogP contribution in [0.5, 0.6) is 11.5 Å². The summed E-state index contributed by atoms with van der Waals surface area (Å²) in [4.78, 5) is 12.9. The molecule has 30 heavy (non-hydrogen) atoms. The molecule has 0 spiro atoms. The van der Waals surface area contributed by atoms with Crippen LogP contribution in [0.25, 0.3) is 0 Å². The van der Waals surface area contributed by atoms with E-state index in [0.717, 1.165) is 5.56 Å². The molecule has 0 aliphatic rings. The van der Waals surface area contributed by atoms with Crippen LogP contribution in [0.1, 0.15) is 26.9 Å². The molecular weight excluding hydrogens is 402 g/mol. The topological polar surface area (TPSA) is 81.7 Å². The van der Waals surface area contributed by atoms with E-state index >= 15 is 0 Å². The van der Waals surface area contributed by atoms with Gasteiger partial charge in [0.05, 0.1) is 19.1 Å². The number of hydrogen-bond acceptors (Lipinski definition) is 5. The van der Waals surface area contributed by atoms with Crippen LogP contribution in [-0.4, -0.2) is 28.5 Å². The normalized spacial score (nSPS) is 12.1. The Morgan fingerprint density at radius 2 is 1.50 bits per heavy atom. The van der Waals surface area contributed by atoms with Crippen molar-refractivity contribution >= 4 is 15.7 Å². The smallest absolute Gasteiger partial charge is 0.252 e. The Balaban J connectivity index is 2.09. The number of ether oxygens (including phenoxy) is 2. The number of amides is 1. The van der Waals surface area contributed by atoms with E-state index < -0.39 is 21.1 Å². The molecule has 1 unspecified atom stereocenters. The van der Waals surface area contributed by atoms with Gasteiger partial charge >= 0.3 is 0 Å². The van der Waals surface area contributed by atoms with Crippen molar-refractivity contribution in [3.8, 4) is 11.5 Å². The third-order valence-corrected chi connectivity index (χ3v) is 6.61. The fourth-order valence-corrected chi connectivity index (χ4v) is 4.57. The molecule has 0 saturated heterocycles. The van der Waals surface area contributed by atoms with E-state index in [4.69, 9.17) is 9.47 Å². The van der Waals surface area contributed by atoms with Gasteiger partial charge in [0, 0.05) is 5.56 Å².